The first-order valence-corrected chi connectivity index (χ1v) is 22.8. The normalized spacial score (nSPS) is 13.6. The lowest BCUT2D eigenvalue weighted by molar-refractivity contribution is -0.229. The van der Waals surface area contributed by atoms with Gasteiger partial charge in [-0.05, 0) is 20.9 Å². The predicted molar refractivity (Wildman–Crippen MR) is 218 cm³/mol. The summed E-state index contributed by atoms with van der Waals surface area (Å²) in [5.41, 5.74) is 0. The number of carbonyl (C=O) groups is 7. The Labute approximate surface area is 377 Å². The Kier molecular flexibility index (Phi) is 38.2. The molecule has 380 valence electrons. The first-order chi connectivity index (χ1) is 30.6. The average molecular weight is 986 g/mol. The van der Waals surface area contributed by atoms with E-state index >= 15 is 0 Å². The summed E-state index contributed by atoms with van der Waals surface area (Å²) in [5, 5.41) is 13.0. The van der Waals surface area contributed by atoms with E-state index in [4.69, 9.17) is 28.4 Å². The fraction of sp³-hybridized carbons (Fsp3) is 0.800. The maximum atomic E-state index is 11.8. The van der Waals surface area contributed by atoms with E-state index in [9.17, 15) is 52.5 Å². The maximum absolute atomic E-state index is 11.8. The molecule has 5 N–H and O–H groups in total. The standard InChI is InChI=1S/C19H36N3O12P.C16H31N2O11P/c1-14(2)22-19(26)21-5-7-29-9-10-30-13-18(25)20-6-8-32-35(27,28)33-12-17(34-16(4)24)11-31-15(3)23;1-13(19)26-10-15(29-14(2)20)11-28-30(22,23)27-7-5-18-16(21)12-25-9-8-24-6-4-17-3/h14,17H,5-13H2,1-4H3,(H,20,25)(H,27,28)(H2,21,22,26);15,17H,4-12H2,1-3H3,(H,18,21)(H,22,23)/p-2/t17-;15-/m11/s1. The molecule has 0 aromatic heterocycles. The van der Waals surface area contributed by atoms with Crippen LogP contribution in [-0.4, -0.2) is 186 Å². The molecule has 0 saturated heterocycles. The molecule has 0 rings (SSSR count). The Bertz CT molecular complexity index is 1480. The van der Waals surface area contributed by atoms with Crippen LogP contribution in [-0.2, 0) is 93.9 Å². The van der Waals surface area contributed by atoms with Crippen molar-refractivity contribution in [1.82, 2.24) is 26.6 Å². The molecule has 0 radical (unpaired) electrons. The molecule has 0 aliphatic carbocycles. The first-order valence-electron chi connectivity index (χ1n) is 19.9. The minimum atomic E-state index is -4.76. The summed E-state index contributed by atoms with van der Waals surface area (Å²) < 4.78 is 81.4. The quantitative estimate of drug-likeness (QED) is 0.0182. The third-order valence-corrected chi connectivity index (χ3v) is 8.38. The fourth-order valence-corrected chi connectivity index (χ4v) is 5.31. The van der Waals surface area contributed by atoms with E-state index < -0.39 is 83.4 Å². The van der Waals surface area contributed by atoms with E-state index in [0.29, 0.717) is 26.3 Å². The number of hydrogen-bond donors (Lipinski definition) is 5. The van der Waals surface area contributed by atoms with Crippen LogP contribution in [0.1, 0.15) is 41.5 Å². The Morgan fingerprint density at radius 1 is 0.492 bits per heavy atom. The molecule has 4 atom stereocenters. The minimum Gasteiger partial charge on any atom is -0.756 e. The number of rotatable bonds is 37. The number of ether oxygens (including phenoxy) is 8. The summed E-state index contributed by atoms with van der Waals surface area (Å²) in [6.07, 6.45) is -2.25. The molecule has 0 aliphatic heterocycles. The highest BCUT2D eigenvalue weighted by Gasteiger charge is 2.20. The molecule has 28 nitrogen and oxygen atoms in total. The van der Waals surface area contributed by atoms with E-state index in [-0.39, 0.29) is 84.6 Å². The number of hydrogen-bond acceptors (Lipinski definition) is 24. The second kappa shape index (κ2) is 39.3. The van der Waals surface area contributed by atoms with Crippen molar-refractivity contribution in [2.45, 2.75) is 59.8 Å². The summed E-state index contributed by atoms with van der Waals surface area (Å²) in [4.78, 5) is 102. The SMILES string of the molecule is CC(=O)OC[C@H](COP(=O)([O-])OCCNC(=O)COCCOCCNC(=O)NC(C)C)OC(C)=O.CNCCOCCOCC(=O)NCCOP(=O)([O-])OC[C@@H](COC(C)=O)OC(C)=O. The van der Waals surface area contributed by atoms with Crippen LogP contribution in [0.15, 0.2) is 0 Å². The predicted octanol–water partition coefficient (Wildman–Crippen LogP) is -2.81. The molecule has 0 fully saturated rings. The third kappa shape index (κ3) is 46.4. The molecule has 0 aliphatic rings. The fourth-order valence-electron chi connectivity index (χ4n) is 3.84. The van der Waals surface area contributed by atoms with Crippen LogP contribution < -0.4 is 36.4 Å². The molecule has 0 aromatic carbocycles. The van der Waals surface area contributed by atoms with E-state index in [1.807, 2.05) is 13.8 Å². The molecular weight excluding hydrogens is 920 g/mol. The third-order valence-electron chi connectivity index (χ3n) is 6.45. The zero-order valence-corrected chi connectivity index (χ0v) is 39.5. The highest BCUT2D eigenvalue weighted by molar-refractivity contribution is 7.46. The first kappa shape index (κ1) is 63.2. The number of phosphoric acid groups is 2. The number of likely N-dealkylation sites (N-methyl/N-ethyl adjacent to an activating group) is 1. The monoisotopic (exact) mass is 985 g/mol. The Morgan fingerprint density at radius 3 is 1.25 bits per heavy atom. The van der Waals surface area contributed by atoms with Crippen molar-refractivity contribution in [3.63, 3.8) is 0 Å². The molecular formula is C35H65N5O23P2-2. The van der Waals surface area contributed by atoms with E-state index in [0.717, 1.165) is 27.7 Å². The van der Waals surface area contributed by atoms with Gasteiger partial charge in [0.2, 0.25) is 11.8 Å². The van der Waals surface area contributed by atoms with Crippen molar-refractivity contribution in [2.75, 3.05) is 126 Å². The van der Waals surface area contributed by atoms with Crippen LogP contribution in [0.2, 0.25) is 0 Å². The number of nitrogens with one attached hydrogen (secondary N) is 5. The van der Waals surface area contributed by atoms with Crippen LogP contribution >= 0.6 is 15.6 Å². The van der Waals surface area contributed by atoms with Crippen LogP contribution in [0, 0.1) is 0 Å². The van der Waals surface area contributed by atoms with Gasteiger partial charge in [0.1, 0.15) is 26.4 Å². The van der Waals surface area contributed by atoms with Gasteiger partial charge in [-0.3, -0.25) is 37.9 Å². The van der Waals surface area contributed by atoms with Crippen molar-refractivity contribution in [2.24, 2.45) is 0 Å². The second-order valence-electron chi connectivity index (χ2n) is 12.9. The molecule has 0 heterocycles. The van der Waals surface area contributed by atoms with Crippen LogP contribution in [0.3, 0.4) is 0 Å². The molecule has 0 saturated carbocycles. The summed E-state index contributed by atoms with van der Waals surface area (Å²) in [6.45, 7) is 7.50. The molecule has 65 heavy (non-hydrogen) atoms. The maximum Gasteiger partial charge on any atom is 0.315 e. The smallest absolute Gasteiger partial charge is 0.315 e. The second-order valence-corrected chi connectivity index (χ2v) is 15.7. The molecule has 2 unspecified atom stereocenters. The molecule has 0 aromatic rings. The highest BCUT2D eigenvalue weighted by Crippen LogP contribution is 2.38. The van der Waals surface area contributed by atoms with Gasteiger partial charge in [0.15, 0.2) is 12.2 Å². The van der Waals surface area contributed by atoms with Gasteiger partial charge in [0, 0.05) is 59.9 Å². The molecule has 0 spiro atoms. The van der Waals surface area contributed by atoms with Gasteiger partial charge in [-0.2, -0.15) is 0 Å². The topological polar surface area (TPSA) is 371 Å². The van der Waals surface area contributed by atoms with E-state index in [1.165, 1.54) is 0 Å². The summed E-state index contributed by atoms with van der Waals surface area (Å²) in [7, 11) is -7.68. The molecule has 30 heteroatoms. The van der Waals surface area contributed by atoms with Crippen molar-refractivity contribution in [3.8, 4) is 0 Å². The summed E-state index contributed by atoms with van der Waals surface area (Å²) in [5.74, 6) is -3.64. The number of carbonyl (C=O) groups excluding carboxylic acids is 7. The van der Waals surface area contributed by atoms with E-state index in [2.05, 4.69) is 54.2 Å². The van der Waals surface area contributed by atoms with Crippen molar-refractivity contribution in [1.29, 1.82) is 0 Å². The lowest BCUT2D eigenvalue weighted by atomic mass is 10.4. The number of urea groups is 1. The Balaban J connectivity index is 0. The molecule has 4 amide bonds. The van der Waals surface area contributed by atoms with Gasteiger partial charge >= 0.3 is 29.9 Å². The zero-order valence-electron chi connectivity index (χ0n) is 37.7. The minimum absolute atomic E-state index is 0.0338. The largest absolute Gasteiger partial charge is 0.756 e. The zero-order chi connectivity index (χ0) is 49.5. The lowest BCUT2D eigenvalue weighted by Gasteiger charge is -2.25. The average Bonchev–Trinajstić information content (AvgIpc) is 3.20. The van der Waals surface area contributed by atoms with Gasteiger partial charge < -0.3 is 92.4 Å². The highest BCUT2D eigenvalue weighted by atomic mass is 31.2. The lowest BCUT2D eigenvalue weighted by Crippen LogP contribution is -2.40. The van der Waals surface area contributed by atoms with Crippen LogP contribution in [0.25, 0.3) is 0 Å². The van der Waals surface area contributed by atoms with Gasteiger partial charge in [0.25, 0.3) is 15.6 Å². The van der Waals surface area contributed by atoms with Gasteiger partial charge in [0.05, 0.1) is 66.1 Å². The Morgan fingerprint density at radius 2 is 0.877 bits per heavy atom. The van der Waals surface area contributed by atoms with E-state index in [1.54, 1.807) is 7.05 Å². The summed E-state index contributed by atoms with van der Waals surface area (Å²) >= 11 is 0. The van der Waals surface area contributed by atoms with Crippen LogP contribution in [0.5, 0.6) is 0 Å². The summed E-state index contributed by atoms with van der Waals surface area (Å²) in [6, 6.07) is -0.252. The number of esters is 4. The van der Waals surface area contributed by atoms with Crippen molar-refractivity contribution >= 4 is 57.4 Å². The van der Waals surface area contributed by atoms with Crippen molar-refractivity contribution in [3.05, 3.63) is 0 Å². The Hall–Kier alpha value is -3.89. The van der Waals surface area contributed by atoms with Gasteiger partial charge in [-0.1, -0.05) is 0 Å². The van der Waals surface area contributed by atoms with Gasteiger partial charge in [-0.25, -0.2) is 4.79 Å². The number of amides is 4. The van der Waals surface area contributed by atoms with Gasteiger partial charge in [-0.15, -0.1) is 0 Å². The molecule has 0 bridgehead atoms. The van der Waals surface area contributed by atoms with Crippen LogP contribution in [0.4, 0.5) is 4.79 Å². The van der Waals surface area contributed by atoms with Crippen molar-refractivity contribution < 1.29 is 108 Å². The number of phosphoric ester groups is 2.